The number of unbranched alkanes of at least 4 members (excludes halogenated alkanes) is 2. The third-order valence-corrected chi connectivity index (χ3v) is 4.38. The average Bonchev–Trinajstić information content (AvgIpc) is 2.88. The van der Waals surface area contributed by atoms with Gasteiger partial charge in [0.2, 0.25) is 0 Å². The van der Waals surface area contributed by atoms with Gasteiger partial charge in [0.1, 0.15) is 0 Å². The normalized spacial score (nSPS) is 10.7. The minimum absolute atomic E-state index is 0.531. The summed E-state index contributed by atoms with van der Waals surface area (Å²) < 4.78 is 0. The predicted octanol–water partition coefficient (Wildman–Crippen LogP) is 2.83. The third kappa shape index (κ3) is 3.93. The standard InChI is InChI=1S/C15H19BO2S/c1-2-3-4-5-14-10-11-15(19-14)12-6-8-13(9-7-12)16(17)18/h6-11,17-18H,2-5H2,1H3. The second kappa shape index (κ2) is 6.89. The van der Waals surface area contributed by atoms with E-state index in [4.69, 9.17) is 10.0 Å². The van der Waals surface area contributed by atoms with Gasteiger partial charge in [-0.05, 0) is 36.0 Å². The predicted molar refractivity (Wildman–Crippen MR) is 82.8 cm³/mol. The van der Waals surface area contributed by atoms with Gasteiger partial charge in [0.05, 0.1) is 0 Å². The molecule has 4 heteroatoms. The van der Waals surface area contributed by atoms with Crippen molar-refractivity contribution >= 4 is 23.9 Å². The van der Waals surface area contributed by atoms with Crippen molar-refractivity contribution in [2.24, 2.45) is 0 Å². The van der Waals surface area contributed by atoms with E-state index in [1.165, 1.54) is 29.0 Å². The topological polar surface area (TPSA) is 40.5 Å². The number of hydrogen-bond donors (Lipinski definition) is 2. The van der Waals surface area contributed by atoms with Crippen LogP contribution < -0.4 is 5.46 Å². The number of hydrogen-bond acceptors (Lipinski definition) is 3. The van der Waals surface area contributed by atoms with Crippen molar-refractivity contribution in [2.75, 3.05) is 0 Å². The molecule has 1 heterocycles. The molecule has 0 saturated heterocycles. The van der Waals surface area contributed by atoms with Gasteiger partial charge in [-0.3, -0.25) is 0 Å². The molecule has 0 fully saturated rings. The van der Waals surface area contributed by atoms with Gasteiger partial charge in [-0.15, -0.1) is 11.3 Å². The van der Waals surface area contributed by atoms with E-state index >= 15 is 0 Å². The zero-order valence-electron chi connectivity index (χ0n) is 11.2. The van der Waals surface area contributed by atoms with E-state index < -0.39 is 7.12 Å². The molecular weight excluding hydrogens is 255 g/mol. The first kappa shape index (κ1) is 14.3. The molecule has 0 saturated carbocycles. The SMILES string of the molecule is CCCCCc1ccc(-c2ccc(B(O)O)cc2)s1. The number of thiophene rings is 1. The molecule has 0 aliphatic heterocycles. The molecule has 0 unspecified atom stereocenters. The van der Waals surface area contributed by atoms with E-state index in [0.717, 1.165) is 12.0 Å². The fourth-order valence-electron chi connectivity index (χ4n) is 2.04. The summed E-state index contributed by atoms with van der Waals surface area (Å²) in [7, 11) is -1.39. The summed E-state index contributed by atoms with van der Waals surface area (Å²) in [5.74, 6) is 0. The van der Waals surface area contributed by atoms with E-state index in [1.807, 2.05) is 23.5 Å². The van der Waals surface area contributed by atoms with Crippen LogP contribution >= 0.6 is 11.3 Å². The molecule has 0 aliphatic rings. The summed E-state index contributed by atoms with van der Waals surface area (Å²) >= 11 is 1.83. The molecule has 19 heavy (non-hydrogen) atoms. The lowest BCUT2D eigenvalue weighted by Crippen LogP contribution is -2.29. The van der Waals surface area contributed by atoms with Gasteiger partial charge >= 0.3 is 7.12 Å². The van der Waals surface area contributed by atoms with Crippen LogP contribution in [-0.2, 0) is 6.42 Å². The van der Waals surface area contributed by atoms with Crippen LogP contribution in [0.15, 0.2) is 36.4 Å². The van der Waals surface area contributed by atoms with Crippen LogP contribution in [0.3, 0.4) is 0 Å². The summed E-state index contributed by atoms with van der Waals surface area (Å²) in [6, 6.07) is 11.8. The monoisotopic (exact) mass is 274 g/mol. The van der Waals surface area contributed by atoms with Gasteiger partial charge in [0.25, 0.3) is 0 Å². The first-order valence-corrected chi connectivity index (χ1v) is 7.57. The Bertz CT molecular complexity index is 505. The number of benzene rings is 1. The first-order chi connectivity index (χ1) is 9.20. The lowest BCUT2D eigenvalue weighted by atomic mass is 9.80. The minimum atomic E-state index is -1.39. The van der Waals surface area contributed by atoms with Crippen LogP contribution in [0.5, 0.6) is 0 Å². The highest BCUT2D eigenvalue weighted by Gasteiger charge is 2.10. The molecule has 0 aliphatic carbocycles. The van der Waals surface area contributed by atoms with Crippen LogP contribution in [0.25, 0.3) is 10.4 Å². The Hall–Kier alpha value is -1.10. The maximum absolute atomic E-state index is 9.07. The molecule has 0 bridgehead atoms. The molecule has 1 aromatic heterocycles. The quantitative estimate of drug-likeness (QED) is 0.628. The molecule has 1 aromatic carbocycles. The molecule has 2 aromatic rings. The molecule has 0 amide bonds. The van der Waals surface area contributed by atoms with Crippen molar-refractivity contribution in [3.63, 3.8) is 0 Å². The zero-order valence-corrected chi connectivity index (χ0v) is 12.0. The zero-order chi connectivity index (χ0) is 13.7. The molecule has 2 nitrogen and oxygen atoms in total. The Balaban J connectivity index is 2.05. The van der Waals surface area contributed by atoms with Crippen LogP contribution in [0.2, 0.25) is 0 Å². The van der Waals surface area contributed by atoms with Gasteiger partial charge in [0.15, 0.2) is 0 Å². The van der Waals surface area contributed by atoms with Crippen LogP contribution in [-0.4, -0.2) is 17.2 Å². The van der Waals surface area contributed by atoms with Crippen molar-refractivity contribution < 1.29 is 10.0 Å². The first-order valence-electron chi connectivity index (χ1n) is 6.76. The highest BCUT2D eigenvalue weighted by atomic mass is 32.1. The molecule has 100 valence electrons. The second-order valence-electron chi connectivity index (χ2n) is 4.72. The fourth-order valence-corrected chi connectivity index (χ4v) is 3.09. The van der Waals surface area contributed by atoms with Crippen molar-refractivity contribution in [3.05, 3.63) is 41.3 Å². The summed E-state index contributed by atoms with van der Waals surface area (Å²) in [5.41, 5.74) is 1.67. The summed E-state index contributed by atoms with van der Waals surface area (Å²) in [5, 5.41) is 18.1. The maximum atomic E-state index is 9.07. The van der Waals surface area contributed by atoms with Crippen LogP contribution in [0.1, 0.15) is 31.1 Å². The van der Waals surface area contributed by atoms with E-state index in [-0.39, 0.29) is 0 Å². The van der Waals surface area contributed by atoms with Gasteiger partial charge in [0, 0.05) is 9.75 Å². The number of aryl methyl sites for hydroxylation is 1. The van der Waals surface area contributed by atoms with Crippen molar-refractivity contribution in [1.82, 2.24) is 0 Å². The van der Waals surface area contributed by atoms with E-state index in [2.05, 4.69) is 19.1 Å². The Morgan fingerprint density at radius 2 is 1.74 bits per heavy atom. The highest BCUT2D eigenvalue weighted by Crippen LogP contribution is 2.28. The van der Waals surface area contributed by atoms with Crippen LogP contribution in [0, 0.1) is 0 Å². The lowest BCUT2D eigenvalue weighted by molar-refractivity contribution is 0.426. The van der Waals surface area contributed by atoms with Gasteiger partial charge in [-0.2, -0.15) is 0 Å². The Labute approximate surface area is 118 Å². The smallest absolute Gasteiger partial charge is 0.423 e. The molecule has 0 radical (unpaired) electrons. The molecule has 2 N–H and O–H groups in total. The average molecular weight is 274 g/mol. The van der Waals surface area contributed by atoms with Crippen molar-refractivity contribution in [1.29, 1.82) is 0 Å². The molecule has 0 spiro atoms. The fraction of sp³-hybridized carbons (Fsp3) is 0.333. The Morgan fingerprint density at radius 3 is 2.37 bits per heavy atom. The summed E-state index contributed by atoms with van der Waals surface area (Å²) in [6.07, 6.45) is 4.96. The molecule has 2 rings (SSSR count). The van der Waals surface area contributed by atoms with Gasteiger partial charge in [-0.25, -0.2) is 0 Å². The third-order valence-electron chi connectivity index (χ3n) is 3.18. The second-order valence-corrected chi connectivity index (χ2v) is 5.89. The minimum Gasteiger partial charge on any atom is -0.423 e. The lowest BCUT2D eigenvalue weighted by Gasteiger charge is -2.01. The highest BCUT2D eigenvalue weighted by molar-refractivity contribution is 7.15. The molecular formula is C15H19BO2S. The maximum Gasteiger partial charge on any atom is 0.488 e. The van der Waals surface area contributed by atoms with E-state index in [9.17, 15) is 0 Å². The van der Waals surface area contributed by atoms with Crippen LogP contribution in [0.4, 0.5) is 0 Å². The van der Waals surface area contributed by atoms with E-state index in [0.29, 0.717) is 5.46 Å². The van der Waals surface area contributed by atoms with E-state index in [1.54, 1.807) is 12.1 Å². The Kier molecular flexibility index (Phi) is 5.20. The van der Waals surface area contributed by atoms with Crippen molar-refractivity contribution in [3.8, 4) is 10.4 Å². The van der Waals surface area contributed by atoms with Crippen molar-refractivity contribution in [2.45, 2.75) is 32.6 Å². The van der Waals surface area contributed by atoms with Gasteiger partial charge < -0.3 is 10.0 Å². The molecule has 0 atom stereocenters. The Morgan fingerprint density at radius 1 is 1.00 bits per heavy atom. The number of rotatable bonds is 6. The summed E-state index contributed by atoms with van der Waals surface area (Å²) in [6.45, 7) is 2.22. The van der Waals surface area contributed by atoms with Gasteiger partial charge in [-0.1, -0.05) is 44.0 Å². The largest absolute Gasteiger partial charge is 0.488 e. The summed E-state index contributed by atoms with van der Waals surface area (Å²) in [4.78, 5) is 2.67.